The zero-order valence-corrected chi connectivity index (χ0v) is 18.5. The van der Waals surface area contributed by atoms with Crippen LogP contribution in [-0.2, 0) is 4.79 Å². The lowest BCUT2D eigenvalue weighted by molar-refractivity contribution is -0.133. The molecule has 2 N–H and O–H groups in total. The summed E-state index contributed by atoms with van der Waals surface area (Å²) in [6, 6.07) is 0.826. The fourth-order valence-corrected chi connectivity index (χ4v) is 4.52. The molecular formula is C21H42N6O. The number of carbonyl (C=O) groups excluding carboxylic acids is 1. The smallest absolute Gasteiger partial charge is 0.239 e. The van der Waals surface area contributed by atoms with Crippen molar-refractivity contribution in [1.82, 2.24) is 25.3 Å². The molecule has 2 aliphatic heterocycles. The Morgan fingerprint density at radius 1 is 1.04 bits per heavy atom. The molecule has 2 unspecified atom stereocenters. The fraction of sp³-hybridized carbons (Fsp3) is 0.905. The van der Waals surface area contributed by atoms with Crippen molar-refractivity contribution in [2.45, 2.75) is 64.0 Å². The molecule has 7 heteroatoms. The number of hydrogen-bond donors (Lipinski definition) is 2. The van der Waals surface area contributed by atoms with Gasteiger partial charge in [-0.25, -0.2) is 0 Å². The van der Waals surface area contributed by atoms with E-state index < -0.39 is 0 Å². The molecule has 28 heavy (non-hydrogen) atoms. The van der Waals surface area contributed by atoms with Gasteiger partial charge in [0.05, 0.1) is 6.04 Å². The Morgan fingerprint density at radius 3 is 2.50 bits per heavy atom. The number of likely N-dealkylation sites (tertiary alicyclic amines) is 2. The predicted molar refractivity (Wildman–Crippen MR) is 117 cm³/mol. The van der Waals surface area contributed by atoms with Crippen molar-refractivity contribution in [3.05, 3.63) is 0 Å². The number of carbonyl (C=O) groups is 1. The van der Waals surface area contributed by atoms with Crippen LogP contribution in [0, 0.1) is 0 Å². The van der Waals surface area contributed by atoms with E-state index in [9.17, 15) is 4.79 Å². The van der Waals surface area contributed by atoms with Crippen molar-refractivity contribution in [2.24, 2.45) is 4.99 Å². The molecule has 0 bridgehead atoms. The average Bonchev–Trinajstić information content (AvgIpc) is 3.17. The Kier molecular flexibility index (Phi) is 10.1. The monoisotopic (exact) mass is 394 g/mol. The maximum Gasteiger partial charge on any atom is 0.239 e. The van der Waals surface area contributed by atoms with Crippen molar-refractivity contribution in [1.29, 1.82) is 0 Å². The highest BCUT2D eigenvalue weighted by Crippen LogP contribution is 2.19. The summed E-state index contributed by atoms with van der Waals surface area (Å²) in [5.74, 6) is 1.12. The first kappa shape index (κ1) is 22.9. The number of rotatable bonds is 9. The number of aliphatic imine (C=N–C) groups is 1. The number of piperidine rings is 1. The Labute approximate surface area is 171 Å². The van der Waals surface area contributed by atoms with Gasteiger partial charge >= 0.3 is 0 Å². The van der Waals surface area contributed by atoms with E-state index in [1.807, 2.05) is 21.1 Å². The minimum absolute atomic E-state index is 0.0727. The number of guanidine groups is 1. The second-order valence-corrected chi connectivity index (χ2v) is 8.30. The maximum atomic E-state index is 12.3. The van der Waals surface area contributed by atoms with Gasteiger partial charge in [-0.2, -0.15) is 0 Å². The molecule has 0 spiro atoms. The number of nitrogens with one attached hydrogen (secondary N) is 2. The van der Waals surface area contributed by atoms with Crippen LogP contribution in [-0.4, -0.2) is 99.1 Å². The van der Waals surface area contributed by atoms with Crippen LogP contribution in [0.3, 0.4) is 0 Å². The average molecular weight is 395 g/mol. The summed E-state index contributed by atoms with van der Waals surface area (Å²) in [5.41, 5.74) is 0. The van der Waals surface area contributed by atoms with Crippen LogP contribution in [0.1, 0.15) is 51.9 Å². The van der Waals surface area contributed by atoms with Gasteiger partial charge in [0.1, 0.15) is 0 Å². The zero-order chi connectivity index (χ0) is 20.4. The standard InChI is InChI=1S/C21H42N6O/c1-5-18-10-6-7-14-26(18)17-13-24-21(22-2)23-12-9-16-27-15-8-11-19(27)20(28)25(3)4/h18-19H,5-17H2,1-4H3,(H2,22,23,24). The van der Waals surface area contributed by atoms with Crippen molar-refractivity contribution >= 4 is 11.9 Å². The third-order valence-corrected chi connectivity index (χ3v) is 6.14. The molecule has 0 radical (unpaired) electrons. The van der Waals surface area contributed by atoms with E-state index in [0.29, 0.717) is 0 Å². The lowest BCUT2D eigenvalue weighted by atomic mass is 10.0. The van der Waals surface area contributed by atoms with Gasteiger partial charge in [0.15, 0.2) is 5.96 Å². The molecule has 2 saturated heterocycles. The molecule has 2 heterocycles. The molecule has 162 valence electrons. The first-order chi connectivity index (χ1) is 13.6. The van der Waals surface area contributed by atoms with Crippen LogP contribution in [0.4, 0.5) is 0 Å². The largest absolute Gasteiger partial charge is 0.356 e. The first-order valence-electron chi connectivity index (χ1n) is 11.2. The molecule has 2 rings (SSSR count). The highest BCUT2D eigenvalue weighted by atomic mass is 16.2. The second-order valence-electron chi connectivity index (χ2n) is 8.30. The summed E-state index contributed by atoms with van der Waals surface area (Å²) in [6.45, 7) is 8.41. The van der Waals surface area contributed by atoms with Crippen LogP contribution >= 0.6 is 0 Å². The number of hydrogen-bond acceptors (Lipinski definition) is 4. The Hall–Kier alpha value is -1.34. The minimum Gasteiger partial charge on any atom is -0.356 e. The van der Waals surface area contributed by atoms with Crippen LogP contribution in [0.15, 0.2) is 4.99 Å². The van der Waals surface area contributed by atoms with Gasteiger partial charge in [0, 0.05) is 53.4 Å². The molecule has 0 aromatic carbocycles. The van der Waals surface area contributed by atoms with E-state index in [1.165, 1.54) is 32.2 Å². The molecule has 2 aliphatic rings. The second kappa shape index (κ2) is 12.3. The Morgan fingerprint density at radius 2 is 1.79 bits per heavy atom. The number of amides is 1. The van der Waals surface area contributed by atoms with Crippen molar-refractivity contribution in [3.63, 3.8) is 0 Å². The van der Waals surface area contributed by atoms with Gasteiger partial charge in [0.2, 0.25) is 5.91 Å². The SMILES string of the molecule is CCC1CCCCN1CCNC(=NC)NCCCN1CCCC1C(=O)N(C)C. The van der Waals surface area contributed by atoms with Gasteiger partial charge < -0.3 is 15.5 Å². The van der Waals surface area contributed by atoms with E-state index in [1.54, 1.807) is 4.90 Å². The van der Waals surface area contributed by atoms with E-state index >= 15 is 0 Å². The van der Waals surface area contributed by atoms with E-state index in [0.717, 1.165) is 64.0 Å². The van der Waals surface area contributed by atoms with Gasteiger partial charge in [-0.3, -0.25) is 19.6 Å². The van der Waals surface area contributed by atoms with E-state index in [2.05, 4.69) is 32.3 Å². The maximum absolute atomic E-state index is 12.3. The summed E-state index contributed by atoms with van der Waals surface area (Å²) in [4.78, 5) is 23.3. The van der Waals surface area contributed by atoms with Gasteiger partial charge in [-0.05, 0) is 51.6 Å². The summed E-state index contributed by atoms with van der Waals surface area (Å²) in [5, 5.41) is 6.88. The molecule has 0 saturated carbocycles. The number of likely N-dealkylation sites (N-methyl/N-ethyl adjacent to an activating group) is 1. The predicted octanol–water partition coefficient (Wildman–Crippen LogP) is 1.36. The zero-order valence-electron chi connectivity index (χ0n) is 18.5. The number of nitrogens with zero attached hydrogens (tertiary/aromatic N) is 4. The molecule has 2 fully saturated rings. The van der Waals surface area contributed by atoms with Gasteiger partial charge in [-0.15, -0.1) is 0 Å². The van der Waals surface area contributed by atoms with E-state index in [4.69, 9.17) is 0 Å². The first-order valence-corrected chi connectivity index (χ1v) is 11.2. The van der Waals surface area contributed by atoms with Gasteiger partial charge in [0.25, 0.3) is 0 Å². The lowest BCUT2D eigenvalue weighted by Gasteiger charge is -2.35. The van der Waals surface area contributed by atoms with Crippen LogP contribution in [0.5, 0.6) is 0 Å². The summed E-state index contributed by atoms with van der Waals surface area (Å²) < 4.78 is 0. The molecular weight excluding hydrogens is 352 g/mol. The summed E-state index contributed by atoms with van der Waals surface area (Å²) in [7, 11) is 5.53. The molecule has 0 aliphatic carbocycles. The summed E-state index contributed by atoms with van der Waals surface area (Å²) in [6.07, 6.45) is 8.43. The quantitative estimate of drug-likeness (QED) is 0.351. The van der Waals surface area contributed by atoms with Gasteiger partial charge in [-0.1, -0.05) is 13.3 Å². The van der Waals surface area contributed by atoms with E-state index in [-0.39, 0.29) is 11.9 Å². The molecule has 2 atom stereocenters. The minimum atomic E-state index is 0.0727. The Bertz CT molecular complexity index is 495. The lowest BCUT2D eigenvalue weighted by Crippen LogP contribution is -2.46. The molecule has 1 amide bonds. The van der Waals surface area contributed by atoms with Crippen LogP contribution in [0.2, 0.25) is 0 Å². The Balaban J connectivity index is 1.62. The molecule has 7 nitrogen and oxygen atoms in total. The molecule has 0 aromatic heterocycles. The van der Waals surface area contributed by atoms with Crippen molar-refractivity contribution in [2.75, 3.05) is 60.4 Å². The fourth-order valence-electron chi connectivity index (χ4n) is 4.52. The van der Waals surface area contributed by atoms with Crippen molar-refractivity contribution in [3.8, 4) is 0 Å². The van der Waals surface area contributed by atoms with Crippen molar-refractivity contribution < 1.29 is 4.79 Å². The normalized spacial score (nSPS) is 24.4. The molecule has 0 aromatic rings. The van der Waals surface area contributed by atoms with Crippen LogP contribution in [0.25, 0.3) is 0 Å². The third kappa shape index (κ3) is 6.92. The highest BCUT2D eigenvalue weighted by Gasteiger charge is 2.31. The highest BCUT2D eigenvalue weighted by molar-refractivity contribution is 5.81. The van der Waals surface area contributed by atoms with Crippen LogP contribution < -0.4 is 10.6 Å². The third-order valence-electron chi connectivity index (χ3n) is 6.14. The summed E-state index contributed by atoms with van der Waals surface area (Å²) >= 11 is 0. The topological polar surface area (TPSA) is 63.2 Å².